The van der Waals surface area contributed by atoms with Gasteiger partial charge in [0.05, 0.1) is 0 Å². The van der Waals surface area contributed by atoms with Crippen molar-refractivity contribution in [2.24, 2.45) is 0 Å². The molecule has 80 valence electrons. The van der Waals surface area contributed by atoms with Crippen LogP contribution in [0.25, 0.3) is 0 Å². The minimum Gasteiger partial charge on any atom is -0.264 e. The second-order valence-electron chi connectivity index (χ2n) is 1.23. The Morgan fingerprint density at radius 1 is 1.08 bits per heavy atom. The van der Waals surface area contributed by atoms with Crippen LogP contribution < -0.4 is 0 Å². The molecule has 0 spiro atoms. The molecule has 0 unspecified atom stereocenters. The van der Waals surface area contributed by atoms with Gasteiger partial charge in [0, 0.05) is 17.1 Å². The van der Waals surface area contributed by atoms with Gasteiger partial charge in [0.1, 0.15) is 0 Å². The normalized spacial score (nSPS) is 15.2. The molecule has 1 rings (SSSR count). The number of hydrogen-bond donors (Lipinski definition) is 2. The Kier molecular flexibility index (Phi) is 7.46. The summed E-state index contributed by atoms with van der Waals surface area (Å²) in [5.74, 6) is -1.81. The van der Waals surface area contributed by atoms with Crippen molar-refractivity contribution in [1.29, 1.82) is 0 Å². The van der Waals surface area contributed by atoms with E-state index in [1.165, 1.54) is 0 Å². The van der Waals surface area contributed by atoms with Crippen LogP contribution in [0.4, 0.5) is 0 Å². The standard InChI is InChI=1S/C2H2O4.2Fe.H2O4S/c3-1(4)2(5)6;;;1-5(2,3)4/h(H,3,4)(H,5,6);;;(H2,1,2,3,4)/q;;+2;/p-2. The van der Waals surface area contributed by atoms with E-state index in [1.807, 2.05) is 0 Å². The molecule has 13 heavy (non-hydrogen) atoms. The largest absolute Gasteiger partial charge is 0.394 e. The molecule has 0 atom stereocenters. The first-order valence-electron chi connectivity index (χ1n) is 2.05. The van der Waals surface area contributed by atoms with E-state index in [2.05, 4.69) is 7.64 Å². The Balaban J connectivity index is 0. The zero-order valence-corrected chi connectivity index (χ0v) is 8.48. The van der Waals surface area contributed by atoms with Crippen molar-refractivity contribution in [3.05, 3.63) is 0 Å². The maximum absolute atomic E-state index is 9.88. The fourth-order valence-corrected chi connectivity index (χ4v) is 0.524. The van der Waals surface area contributed by atoms with Crippen molar-refractivity contribution < 1.29 is 67.4 Å². The monoisotopic (exact) mass is 298 g/mol. The molecule has 0 radical (unpaired) electrons. The fraction of sp³-hybridized carbons (Fsp3) is 0. The molecule has 0 bridgehead atoms. The average molecular weight is 298 g/mol. The predicted octanol–water partition coefficient (Wildman–Crippen LogP) is -1.66. The molecular weight excluding hydrogens is 296 g/mol. The molecule has 2 N–H and O–H groups in total. The van der Waals surface area contributed by atoms with Gasteiger partial charge in [-0.1, -0.05) is 0 Å². The summed E-state index contributed by atoms with van der Waals surface area (Å²) in [7, 11) is -4.67. The molecule has 0 aliphatic carbocycles. The summed E-state index contributed by atoms with van der Waals surface area (Å²) >= 11 is -0.225. The van der Waals surface area contributed by atoms with Crippen molar-refractivity contribution in [3.63, 3.8) is 0 Å². The molecule has 0 aromatic heterocycles. The summed E-state index contributed by atoms with van der Waals surface area (Å²) in [6.07, 6.45) is 0. The van der Waals surface area contributed by atoms with Crippen molar-refractivity contribution in [3.8, 4) is 0 Å². The van der Waals surface area contributed by atoms with E-state index >= 15 is 0 Å². The minimum absolute atomic E-state index is 0. The summed E-state index contributed by atoms with van der Waals surface area (Å²) in [6, 6.07) is 0. The molecule has 0 amide bonds. The first-order chi connectivity index (χ1) is 5.30. The SMILES string of the molecule is O=C1[O][Fe][O]C1=O.O=S(=O)(O)O.[Fe]. The van der Waals surface area contributed by atoms with E-state index in [0.29, 0.717) is 0 Å². The minimum atomic E-state index is -4.67. The Morgan fingerprint density at radius 2 is 1.31 bits per heavy atom. The zero-order valence-electron chi connectivity index (χ0n) is 5.46. The van der Waals surface area contributed by atoms with Crippen LogP contribution in [0, 0.1) is 0 Å². The van der Waals surface area contributed by atoms with Gasteiger partial charge in [0.25, 0.3) is 0 Å². The molecule has 1 aliphatic heterocycles. The molecule has 1 aliphatic rings. The van der Waals surface area contributed by atoms with E-state index in [0.717, 1.165) is 0 Å². The van der Waals surface area contributed by atoms with Crippen molar-refractivity contribution in [1.82, 2.24) is 0 Å². The van der Waals surface area contributed by atoms with Crippen LogP contribution >= 0.6 is 0 Å². The molecule has 1 heterocycles. The first-order valence-corrected chi connectivity index (χ1v) is 4.35. The van der Waals surface area contributed by atoms with Crippen LogP contribution in [-0.2, 0) is 60.3 Å². The maximum atomic E-state index is 9.88. The van der Waals surface area contributed by atoms with E-state index in [1.54, 1.807) is 0 Å². The maximum Gasteiger partial charge on any atom is 0.394 e. The summed E-state index contributed by atoms with van der Waals surface area (Å²) in [4.78, 5) is 19.8. The summed E-state index contributed by atoms with van der Waals surface area (Å²) < 4.78 is 39.7. The second-order valence-corrected chi connectivity index (χ2v) is 2.76. The van der Waals surface area contributed by atoms with E-state index in [9.17, 15) is 9.59 Å². The van der Waals surface area contributed by atoms with Gasteiger partial charge >= 0.3 is 55.2 Å². The van der Waals surface area contributed by atoms with Crippen LogP contribution in [0.3, 0.4) is 0 Å². The zero-order chi connectivity index (χ0) is 9.78. The fourth-order valence-electron chi connectivity index (χ4n) is 0.127. The average Bonchev–Trinajstić information content (AvgIpc) is 2.12. The Labute approximate surface area is 89.8 Å². The van der Waals surface area contributed by atoms with Gasteiger partial charge in [-0.25, -0.2) is 0 Å². The number of carbonyl (C=O) groups is 2. The molecule has 0 aromatic rings. The van der Waals surface area contributed by atoms with Gasteiger partial charge in [0.15, 0.2) is 0 Å². The van der Waals surface area contributed by atoms with Gasteiger partial charge in [0.2, 0.25) is 0 Å². The van der Waals surface area contributed by atoms with Gasteiger partial charge in [-0.2, -0.15) is 8.42 Å². The van der Waals surface area contributed by atoms with Gasteiger partial charge in [-0.3, -0.25) is 9.11 Å². The second kappa shape index (κ2) is 6.33. The van der Waals surface area contributed by atoms with Gasteiger partial charge < -0.3 is 0 Å². The molecule has 1 fully saturated rings. The van der Waals surface area contributed by atoms with Crippen LogP contribution in [0.15, 0.2) is 0 Å². The molecule has 0 saturated carbocycles. The third-order valence-electron chi connectivity index (χ3n) is 0.357. The quantitative estimate of drug-likeness (QED) is 0.309. The predicted molar refractivity (Wildman–Crippen MR) is 26.4 cm³/mol. The van der Waals surface area contributed by atoms with E-state index < -0.39 is 22.3 Å². The number of rotatable bonds is 0. The van der Waals surface area contributed by atoms with Gasteiger partial charge in [-0.05, 0) is 0 Å². The third-order valence-corrected chi connectivity index (χ3v) is 0.950. The van der Waals surface area contributed by atoms with Gasteiger partial charge in [-0.15, -0.1) is 0 Å². The van der Waals surface area contributed by atoms with Crippen LogP contribution in [0.1, 0.15) is 0 Å². The van der Waals surface area contributed by atoms with Crippen molar-refractivity contribution in [2.45, 2.75) is 0 Å². The number of hydrogen-bond acceptors (Lipinski definition) is 6. The Morgan fingerprint density at radius 3 is 1.38 bits per heavy atom. The smallest absolute Gasteiger partial charge is 0.264 e. The molecule has 1 saturated heterocycles. The first kappa shape index (κ1) is 15.3. The summed E-state index contributed by atoms with van der Waals surface area (Å²) in [5.41, 5.74) is 0. The van der Waals surface area contributed by atoms with E-state index in [-0.39, 0.29) is 32.7 Å². The van der Waals surface area contributed by atoms with Crippen LogP contribution in [-0.4, -0.2) is 29.5 Å². The summed E-state index contributed by atoms with van der Waals surface area (Å²) in [5, 5.41) is 0. The Bertz CT molecular complexity index is 259. The van der Waals surface area contributed by atoms with Crippen molar-refractivity contribution in [2.75, 3.05) is 0 Å². The topological polar surface area (TPSA) is 127 Å². The molecule has 8 nitrogen and oxygen atoms in total. The number of carbonyl (C=O) groups excluding carboxylic acids is 2. The molecular formula is C2H2Fe2O8S. The van der Waals surface area contributed by atoms with E-state index in [4.69, 9.17) is 17.5 Å². The molecule has 11 heteroatoms. The van der Waals surface area contributed by atoms with Crippen LogP contribution in [0.2, 0.25) is 0 Å². The summed E-state index contributed by atoms with van der Waals surface area (Å²) in [6.45, 7) is 0. The Hall–Kier alpha value is -0.151. The van der Waals surface area contributed by atoms with Crippen molar-refractivity contribution >= 4 is 22.3 Å². The van der Waals surface area contributed by atoms with Crippen LogP contribution in [0.5, 0.6) is 0 Å². The third kappa shape index (κ3) is 11.8. The molecule has 0 aromatic carbocycles.